The van der Waals surface area contributed by atoms with Gasteiger partial charge in [-0.3, -0.25) is 28.8 Å². The van der Waals surface area contributed by atoms with E-state index in [1.165, 1.54) is 6.92 Å². The van der Waals surface area contributed by atoms with Crippen molar-refractivity contribution in [2.75, 3.05) is 0 Å². The zero-order valence-electron chi connectivity index (χ0n) is 30.0. The quantitative estimate of drug-likeness (QED) is 0.0873. The molecule has 0 radical (unpaired) electrons. The van der Waals surface area contributed by atoms with Gasteiger partial charge in [-0.15, -0.1) is 0 Å². The van der Waals surface area contributed by atoms with Crippen LogP contribution in [0.3, 0.4) is 0 Å². The van der Waals surface area contributed by atoms with E-state index in [0.29, 0.717) is 12.8 Å². The molecule has 0 aromatic heterocycles. The molecule has 7 atom stereocenters. The van der Waals surface area contributed by atoms with Crippen LogP contribution in [0.2, 0.25) is 0 Å². The molecule has 0 bridgehead atoms. The van der Waals surface area contributed by atoms with Crippen LogP contribution < -0.4 is 26.6 Å². The number of aliphatic hydroxyl groups is 2. The van der Waals surface area contributed by atoms with Crippen molar-refractivity contribution in [1.82, 2.24) is 26.6 Å². The van der Waals surface area contributed by atoms with E-state index in [-0.39, 0.29) is 35.5 Å². The summed E-state index contributed by atoms with van der Waals surface area (Å²) in [6.07, 6.45) is -3.02. The Morgan fingerprint density at radius 2 is 0.894 bits per heavy atom. The summed E-state index contributed by atoms with van der Waals surface area (Å²) in [7, 11) is 0. The lowest BCUT2D eigenvalue weighted by Gasteiger charge is -2.31. The Morgan fingerprint density at radius 3 is 1.28 bits per heavy atom. The average Bonchev–Trinajstić information content (AvgIpc) is 2.91. The molecule has 0 aromatic carbocycles. The Hall–Kier alpha value is -3.26. The number of nitrogens with one attached hydrogen (secondary N) is 5. The van der Waals surface area contributed by atoms with Crippen LogP contribution in [0.1, 0.15) is 102 Å². The van der Waals surface area contributed by atoms with Crippen molar-refractivity contribution in [1.29, 1.82) is 0 Å². The van der Waals surface area contributed by atoms with Gasteiger partial charge < -0.3 is 41.9 Å². The summed E-state index contributed by atoms with van der Waals surface area (Å²) >= 11 is 0. The minimum absolute atomic E-state index is 0.0153. The molecule has 0 unspecified atom stereocenters. The second-order valence-corrected chi connectivity index (χ2v) is 14.3. The van der Waals surface area contributed by atoms with Gasteiger partial charge in [-0.05, 0) is 43.4 Å². The van der Waals surface area contributed by atoms with Crippen LogP contribution in [0.4, 0.5) is 0 Å². The molecule has 0 rings (SSSR count). The Kier molecular flexibility index (Phi) is 19.4. The Labute approximate surface area is 280 Å². The highest BCUT2D eigenvalue weighted by Crippen LogP contribution is 2.15. The molecule has 272 valence electrons. The van der Waals surface area contributed by atoms with Crippen molar-refractivity contribution in [3.05, 3.63) is 0 Å². The highest BCUT2D eigenvalue weighted by atomic mass is 16.4. The smallest absolute Gasteiger partial charge is 0.306 e. The van der Waals surface area contributed by atoms with E-state index >= 15 is 0 Å². The third-order valence-corrected chi connectivity index (χ3v) is 7.60. The van der Waals surface area contributed by atoms with Crippen LogP contribution >= 0.6 is 0 Å². The third-order valence-electron chi connectivity index (χ3n) is 7.60. The SMILES string of the molecule is CC(C)C[C@H](NC(=O)[C@@H](C)NC(=O)C[C@@H](O)[C@@H](CC(C)C)NC(=O)[C@H](NC(=O)[C@H](NC(=O)C(C)C)C(C)C)C(C)C)[C@@H](O)CC(=O)O. The molecule has 5 amide bonds. The van der Waals surface area contributed by atoms with Gasteiger partial charge in [-0.1, -0.05) is 69.2 Å². The summed E-state index contributed by atoms with van der Waals surface area (Å²) in [6, 6.07) is -4.62. The molecule has 0 saturated carbocycles. The predicted octanol–water partition coefficient (Wildman–Crippen LogP) is 1.08. The van der Waals surface area contributed by atoms with E-state index < -0.39 is 84.9 Å². The molecule has 0 fully saturated rings. The van der Waals surface area contributed by atoms with Gasteiger partial charge in [0, 0.05) is 5.92 Å². The number of aliphatic carboxylic acids is 1. The molecule has 0 heterocycles. The van der Waals surface area contributed by atoms with Gasteiger partial charge in [-0.2, -0.15) is 0 Å². The Morgan fingerprint density at radius 1 is 0.511 bits per heavy atom. The number of carbonyl (C=O) groups is 6. The first-order valence-electron chi connectivity index (χ1n) is 16.7. The average molecular weight is 672 g/mol. The second kappa shape index (κ2) is 20.9. The van der Waals surface area contributed by atoms with Gasteiger partial charge in [0.05, 0.1) is 37.1 Å². The molecule has 0 saturated heterocycles. The fraction of sp³-hybridized carbons (Fsp3) is 0.818. The lowest BCUT2D eigenvalue weighted by molar-refractivity contribution is -0.140. The van der Waals surface area contributed by atoms with Gasteiger partial charge in [0.1, 0.15) is 18.1 Å². The van der Waals surface area contributed by atoms with Crippen LogP contribution in [0.5, 0.6) is 0 Å². The number of carbonyl (C=O) groups excluding carboxylic acids is 5. The number of carboxylic acids is 1. The highest BCUT2D eigenvalue weighted by Gasteiger charge is 2.34. The number of rotatable bonds is 21. The number of hydrogen-bond donors (Lipinski definition) is 8. The standard InChI is InChI=1S/C33H61N5O9/c1-16(2)12-22(36-32(46)28(18(5)6)38-33(47)29(19(7)8)37-30(44)20(9)10)24(39)14-26(41)34-21(11)31(45)35-23(13-17(3)4)25(40)15-27(42)43/h16-25,28-29,39-40H,12-15H2,1-11H3,(H,34,41)(H,35,45)(H,36,46)(H,37,44)(H,38,47)(H,42,43)/t21-,22-,23+,24-,25+,28-,29-/m1/s1. The summed E-state index contributed by atoms with van der Waals surface area (Å²) in [6.45, 7) is 19.4. The number of hydrogen-bond acceptors (Lipinski definition) is 8. The highest BCUT2D eigenvalue weighted by molar-refractivity contribution is 5.93. The van der Waals surface area contributed by atoms with E-state index in [0.717, 1.165) is 0 Å². The minimum Gasteiger partial charge on any atom is -0.481 e. The molecule has 47 heavy (non-hydrogen) atoms. The molecular formula is C33H61N5O9. The van der Waals surface area contributed by atoms with Gasteiger partial charge in [0.2, 0.25) is 29.5 Å². The first-order chi connectivity index (χ1) is 21.6. The fourth-order valence-corrected chi connectivity index (χ4v) is 4.87. The Balaban J connectivity index is 5.60. The molecule has 14 nitrogen and oxygen atoms in total. The molecule has 0 aliphatic carbocycles. The van der Waals surface area contributed by atoms with Crippen LogP contribution in [0.15, 0.2) is 0 Å². The van der Waals surface area contributed by atoms with E-state index in [9.17, 15) is 39.0 Å². The van der Waals surface area contributed by atoms with Crippen molar-refractivity contribution in [3.8, 4) is 0 Å². The Bertz CT molecular complexity index is 1050. The van der Waals surface area contributed by atoms with Gasteiger partial charge in [0.25, 0.3) is 0 Å². The van der Waals surface area contributed by atoms with Gasteiger partial charge >= 0.3 is 5.97 Å². The van der Waals surface area contributed by atoms with E-state index in [4.69, 9.17) is 5.11 Å². The van der Waals surface area contributed by atoms with Crippen LogP contribution in [-0.2, 0) is 28.8 Å². The summed E-state index contributed by atoms with van der Waals surface area (Å²) in [4.78, 5) is 75.7. The molecular weight excluding hydrogens is 610 g/mol. The first kappa shape index (κ1) is 43.7. The predicted molar refractivity (Wildman–Crippen MR) is 178 cm³/mol. The minimum atomic E-state index is -1.33. The summed E-state index contributed by atoms with van der Waals surface area (Å²) in [5, 5.41) is 43.8. The maximum absolute atomic E-state index is 13.5. The molecule has 14 heteroatoms. The third kappa shape index (κ3) is 16.9. The summed E-state index contributed by atoms with van der Waals surface area (Å²) < 4.78 is 0. The van der Waals surface area contributed by atoms with Crippen molar-refractivity contribution in [3.63, 3.8) is 0 Å². The van der Waals surface area contributed by atoms with Crippen molar-refractivity contribution < 1.29 is 44.1 Å². The molecule has 0 spiro atoms. The molecule has 0 aliphatic heterocycles. The van der Waals surface area contributed by atoms with Gasteiger partial charge in [-0.25, -0.2) is 0 Å². The van der Waals surface area contributed by atoms with Crippen molar-refractivity contribution in [2.24, 2.45) is 29.6 Å². The van der Waals surface area contributed by atoms with Crippen molar-refractivity contribution >= 4 is 35.5 Å². The van der Waals surface area contributed by atoms with E-state index in [2.05, 4.69) is 26.6 Å². The maximum Gasteiger partial charge on any atom is 0.306 e. The maximum atomic E-state index is 13.5. The lowest BCUT2D eigenvalue weighted by atomic mass is 9.95. The molecule has 8 N–H and O–H groups in total. The normalized spacial score (nSPS) is 16.2. The summed E-state index contributed by atoms with van der Waals surface area (Å²) in [5.41, 5.74) is 0. The largest absolute Gasteiger partial charge is 0.481 e. The number of carboxylic acid groups (broad SMARTS) is 1. The topological polar surface area (TPSA) is 223 Å². The summed E-state index contributed by atoms with van der Waals surface area (Å²) in [5.74, 6) is -4.73. The number of amides is 5. The first-order valence-corrected chi connectivity index (χ1v) is 16.7. The van der Waals surface area contributed by atoms with Crippen LogP contribution in [0, 0.1) is 29.6 Å². The zero-order chi connectivity index (χ0) is 36.8. The molecule has 0 aliphatic rings. The monoisotopic (exact) mass is 671 g/mol. The number of aliphatic hydroxyl groups excluding tert-OH is 2. The lowest BCUT2D eigenvalue weighted by Crippen LogP contribution is -2.59. The zero-order valence-corrected chi connectivity index (χ0v) is 30.0. The second-order valence-electron chi connectivity index (χ2n) is 14.3. The van der Waals surface area contributed by atoms with Crippen LogP contribution in [-0.4, -0.2) is 93.2 Å². The molecule has 0 aromatic rings. The van der Waals surface area contributed by atoms with Crippen LogP contribution in [0.25, 0.3) is 0 Å². The van der Waals surface area contributed by atoms with E-state index in [1.807, 2.05) is 27.7 Å². The fourth-order valence-electron chi connectivity index (χ4n) is 4.87. The van der Waals surface area contributed by atoms with Crippen molar-refractivity contribution in [2.45, 2.75) is 144 Å². The van der Waals surface area contributed by atoms with Gasteiger partial charge in [0.15, 0.2) is 0 Å². The van der Waals surface area contributed by atoms with E-state index in [1.54, 1.807) is 41.5 Å².